The van der Waals surface area contributed by atoms with E-state index >= 15 is 0 Å². The molecular formula is C12H20N4. The highest BCUT2D eigenvalue weighted by Gasteiger charge is 2.21. The van der Waals surface area contributed by atoms with E-state index in [0.29, 0.717) is 12.0 Å². The standard InChI is InChI=1S/C12H20N4/c1-9(2)5-13-6-11-7-14-8-12(16-11)15-10-3-4-10/h7-10,13H,3-6H2,1-2H3,(H,15,16). The second-order valence-electron chi connectivity index (χ2n) is 4.84. The van der Waals surface area contributed by atoms with Gasteiger partial charge in [0.1, 0.15) is 5.82 Å². The first-order valence-electron chi connectivity index (χ1n) is 6.02. The minimum Gasteiger partial charge on any atom is -0.366 e. The fourth-order valence-corrected chi connectivity index (χ4v) is 1.49. The van der Waals surface area contributed by atoms with Gasteiger partial charge >= 0.3 is 0 Å². The molecule has 0 aliphatic heterocycles. The van der Waals surface area contributed by atoms with Crippen LogP contribution in [0.5, 0.6) is 0 Å². The third-order valence-corrected chi connectivity index (χ3v) is 2.47. The van der Waals surface area contributed by atoms with Crippen LogP contribution < -0.4 is 10.6 Å². The quantitative estimate of drug-likeness (QED) is 0.767. The molecule has 0 spiro atoms. The predicted molar refractivity (Wildman–Crippen MR) is 65.2 cm³/mol. The van der Waals surface area contributed by atoms with Crippen LogP contribution in [0.2, 0.25) is 0 Å². The Hall–Kier alpha value is -1.16. The highest BCUT2D eigenvalue weighted by Crippen LogP contribution is 2.23. The van der Waals surface area contributed by atoms with Crippen LogP contribution in [0, 0.1) is 5.92 Å². The molecule has 0 aromatic carbocycles. The molecule has 2 rings (SSSR count). The molecule has 1 aromatic rings. The molecule has 4 nitrogen and oxygen atoms in total. The molecule has 0 amide bonds. The Kier molecular flexibility index (Phi) is 3.72. The lowest BCUT2D eigenvalue weighted by Crippen LogP contribution is -2.20. The van der Waals surface area contributed by atoms with E-state index in [1.54, 1.807) is 6.20 Å². The molecule has 1 fully saturated rings. The van der Waals surface area contributed by atoms with Gasteiger partial charge in [-0.25, -0.2) is 4.98 Å². The molecule has 0 radical (unpaired) electrons. The van der Waals surface area contributed by atoms with Gasteiger partial charge in [-0.1, -0.05) is 13.8 Å². The van der Waals surface area contributed by atoms with Gasteiger partial charge in [-0.2, -0.15) is 0 Å². The van der Waals surface area contributed by atoms with Gasteiger partial charge in [-0.15, -0.1) is 0 Å². The van der Waals surface area contributed by atoms with Gasteiger partial charge in [0.2, 0.25) is 0 Å². The summed E-state index contributed by atoms with van der Waals surface area (Å²) in [6, 6.07) is 0.633. The van der Waals surface area contributed by atoms with E-state index < -0.39 is 0 Å². The summed E-state index contributed by atoms with van der Waals surface area (Å²) >= 11 is 0. The Balaban J connectivity index is 1.83. The van der Waals surface area contributed by atoms with Crippen LogP contribution in [0.3, 0.4) is 0 Å². The third-order valence-electron chi connectivity index (χ3n) is 2.47. The molecule has 88 valence electrons. The lowest BCUT2D eigenvalue weighted by Gasteiger charge is -2.08. The Morgan fingerprint density at radius 2 is 2.19 bits per heavy atom. The summed E-state index contributed by atoms with van der Waals surface area (Å²) in [7, 11) is 0. The molecule has 1 aliphatic rings. The summed E-state index contributed by atoms with van der Waals surface area (Å²) in [5, 5.41) is 6.72. The second kappa shape index (κ2) is 5.25. The van der Waals surface area contributed by atoms with Crippen molar-refractivity contribution in [2.75, 3.05) is 11.9 Å². The highest BCUT2D eigenvalue weighted by molar-refractivity contribution is 5.34. The van der Waals surface area contributed by atoms with Crippen molar-refractivity contribution >= 4 is 5.82 Å². The molecule has 4 heteroatoms. The van der Waals surface area contributed by atoms with Crippen molar-refractivity contribution in [2.24, 2.45) is 5.92 Å². The molecule has 0 bridgehead atoms. The highest BCUT2D eigenvalue weighted by atomic mass is 15.1. The maximum atomic E-state index is 4.51. The van der Waals surface area contributed by atoms with E-state index in [4.69, 9.17) is 0 Å². The first-order valence-corrected chi connectivity index (χ1v) is 6.02. The number of anilines is 1. The minimum atomic E-state index is 0.633. The van der Waals surface area contributed by atoms with Crippen molar-refractivity contribution in [1.82, 2.24) is 15.3 Å². The van der Waals surface area contributed by atoms with Crippen LogP contribution in [0.25, 0.3) is 0 Å². The van der Waals surface area contributed by atoms with Gasteiger partial charge in [0.05, 0.1) is 11.9 Å². The molecule has 0 saturated heterocycles. The SMILES string of the molecule is CC(C)CNCc1cncc(NC2CC2)n1. The maximum Gasteiger partial charge on any atom is 0.145 e. The fourth-order valence-electron chi connectivity index (χ4n) is 1.49. The van der Waals surface area contributed by atoms with E-state index in [-0.39, 0.29) is 0 Å². The summed E-state index contributed by atoms with van der Waals surface area (Å²) in [6.07, 6.45) is 6.14. The number of rotatable bonds is 6. The summed E-state index contributed by atoms with van der Waals surface area (Å²) in [4.78, 5) is 8.71. The van der Waals surface area contributed by atoms with Crippen LogP contribution in [0.1, 0.15) is 32.4 Å². The third kappa shape index (κ3) is 3.77. The summed E-state index contributed by atoms with van der Waals surface area (Å²) in [5.41, 5.74) is 1.01. The first kappa shape index (κ1) is 11.3. The van der Waals surface area contributed by atoms with Gasteiger partial charge in [-0.05, 0) is 25.3 Å². The van der Waals surface area contributed by atoms with Crippen LogP contribution in [0.4, 0.5) is 5.82 Å². The normalized spacial score (nSPS) is 15.4. The predicted octanol–water partition coefficient (Wildman–Crippen LogP) is 1.80. The van der Waals surface area contributed by atoms with Gasteiger partial charge in [0.25, 0.3) is 0 Å². The lowest BCUT2D eigenvalue weighted by atomic mass is 10.2. The zero-order valence-electron chi connectivity index (χ0n) is 10.0. The fraction of sp³-hybridized carbons (Fsp3) is 0.667. The van der Waals surface area contributed by atoms with E-state index in [1.807, 2.05) is 6.20 Å². The van der Waals surface area contributed by atoms with Gasteiger partial charge < -0.3 is 10.6 Å². The smallest absolute Gasteiger partial charge is 0.145 e. The van der Waals surface area contributed by atoms with Crippen LogP contribution in [-0.4, -0.2) is 22.6 Å². The largest absolute Gasteiger partial charge is 0.366 e. The van der Waals surface area contributed by atoms with E-state index in [0.717, 1.165) is 24.6 Å². The van der Waals surface area contributed by atoms with Crippen LogP contribution in [-0.2, 0) is 6.54 Å². The Labute approximate surface area is 96.9 Å². The van der Waals surface area contributed by atoms with Crippen molar-refractivity contribution in [3.05, 3.63) is 18.1 Å². The van der Waals surface area contributed by atoms with Crippen molar-refractivity contribution in [2.45, 2.75) is 39.3 Å². The summed E-state index contributed by atoms with van der Waals surface area (Å²) < 4.78 is 0. The molecule has 1 aromatic heterocycles. The van der Waals surface area contributed by atoms with Crippen molar-refractivity contribution in [1.29, 1.82) is 0 Å². The topological polar surface area (TPSA) is 49.8 Å². The number of hydrogen-bond donors (Lipinski definition) is 2. The number of aromatic nitrogens is 2. The van der Waals surface area contributed by atoms with Crippen LogP contribution in [0.15, 0.2) is 12.4 Å². The summed E-state index contributed by atoms with van der Waals surface area (Å²) in [5.74, 6) is 1.58. The van der Waals surface area contributed by atoms with E-state index in [2.05, 4.69) is 34.4 Å². The van der Waals surface area contributed by atoms with E-state index in [1.165, 1.54) is 12.8 Å². The molecule has 2 N–H and O–H groups in total. The number of nitrogens with zero attached hydrogens (tertiary/aromatic N) is 2. The Bertz CT molecular complexity index is 334. The van der Waals surface area contributed by atoms with Gasteiger partial charge in [0, 0.05) is 18.8 Å². The number of hydrogen-bond acceptors (Lipinski definition) is 4. The average Bonchev–Trinajstić information content (AvgIpc) is 3.02. The number of nitrogens with one attached hydrogen (secondary N) is 2. The molecule has 0 atom stereocenters. The zero-order chi connectivity index (χ0) is 11.4. The molecule has 1 saturated carbocycles. The van der Waals surface area contributed by atoms with Crippen LogP contribution >= 0.6 is 0 Å². The first-order chi connectivity index (χ1) is 7.74. The zero-order valence-corrected chi connectivity index (χ0v) is 10.0. The minimum absolute atomic E-state index is 0.633. The Morgan fingerprint density at radius 3 is 2.88 bits per heavy atom. The van der Waals surface area contributed by atoms with Gasteiger partial charge in [0.15, 0.2) is 0 Å². The Morgan fingerprint density at radius 1 is 1.38 bits per heavy atom. The average molecular weight is 220 g/mol. The van der Waals surface area contributed by atoms with Crippen molar-refractivity contribution in [3.63, 3.8) is 0 Å². The molecular weight excluding hydrogens is 200 g/mol. The molecule has 16 heavy (non-hydrogen) atoms. The molecule has 1 aliphatic carbocycles. The van der Waals surface area contributed by atoms with Crippen molar-refractivity contribution in [3.8, 4) is 0 Å². The second-order valence-corrected chi connectivity index (χ2v) is 4.84. The van der Waals surface area contributed by atoms with Gasteiger partial charge in [-0.3, -0.25) is 4.98 Å². The summed E-state index contributed by atoms with van der Waals surface area (Å²) in [6.45, 7) is 6.21. The molecule has 0 unspecified atom stereocenters. The molecule has 1 heterocycles. The van der Waals surface area contributed by atoms with E-state index in [9.17, 15) is 0 Å². The monoisotopic (exact) mass is 220 g/mol. The maximum absolute atomic E-state index is 4.51. The lowest BCUT2D eigenvalue weighted by molar-refractivity contribution is 0.547. The van der Waals surface area contributed by atoms with Crippen molar-refractivity contribution < 1.29 is 0 Å².